The number of hydrogen-bond acceptors (Lipinski definition) is 2. The van der Waals surface area contributed by atoms with Crippen LogP contribution in [0.3, 0.4) is 0 Å². The average Bonchev–Trinajstić information content (AvgIpc) is 2.48. The van der Waals surface area contributed by atoms with Gasteiger partial charge in [-0.25, -0.2) is 0 Å². The summed E-state index contributed by atoms with van der Waals surface area (Å²) < 4.78 is 0. The first-order valence-corrected chi connectivity index (χ1v) is 7.58. The Bertz CT molecular complexity index is 410. The number of aryl methyl sites for hydroxylation is 1. The molecule has 0 saturated heterocycles. The highest BCUT2D eigenvalue weighted by Gasteiger charge is 2.09. The summed E-state index contributed by atoms with van der Waals surface area (Å²) in [5.74, 6) is 0. The van der Waals surface area contributed by atoms with Gasteiger partial charge >= 0.3 is 0 Å². The van der Waals surface area contributed by atoms with Crippen molar-refractivity contribution in [2.75, 3.05) is 24.5 Å². The van der Waals surface area contributed by atoms with E-state index in [2.05, 4.69) is 54.8 Å². The van der Waals surface area contributed by atoms with E-state index in [0.717, 1.165) is 45.3 Å². The van der Waals surface area contributed by atoms with Gasteiger partial charge in [0, 0.05) is 18.8 Å². The smallest absolute Gasteiger partial charge is 0.0401 e. The number of benzene rings is 1. The summed E-state index contributed by atoms with van der Waals surface area (Å²) in [6.07, 6.45) is 10.7. The first-order chi connectivity index (χ1) is 9.83. The minimum atomic E-state index is 0.741. The van der Waals surface area contributed by atoms with Crippen molar-refractivity contribution in [1.29, 1.82) is 0 Å². The maximum absolute atomic E-state index is 5.66. The normalized spacial score (nSPS) is 10.9. The molecule has 0 saturated carbocycles. The fourth-order valence-corrected chi connectivity index (χ4v) is 2.29. The molecule has 2 nitrogen and oxygen atoms in total. The SMILES string of the molecule is C=CCCCc1ccccc1N(C/C=C\C)CCCN. The Labute approximate surface area is 124 Å². The molecule has 2 N–H and O–H groups in total. The Balaban J connectivity index is 2.83. The first kappa shape index (κ1) is 16.5. The maximum Gasteiger partial charge on any atom is 0.0401 e. The Kier molecular flexibility index (Phi) is 8.48. The highest BCUT2D eigenvalue weighted by Crippen LogP contribution is 2.22. The zero-order valence-corrected chi connectivity index (χ0v) is 12.7. The molecule has 2 heteroatoms. The van der Waals surface area contributed by atoms with E-state index >= 15 is 0 Å². The van der Waals surface area contributed by atoms with Gasteiger partial charge in [0.15, 0.2) is 0 Å². The van der Waals surface area contributed by atoms with Gasteiger partial charge in [-0.05, 0) is 50.8 Å². The molecule has 1 rings (SSSR count). The lowest BCUT2D eigenvalue weighted by Gasteiger charge is -2.26. The fourth-order valence-electron chi connectivity index (χ4n) is 2.29. The summed E-state index contributed by atoms with van der Waals surface area (Å²) in [6, 6.07) is 8.72. The third kappa shape index (κ3) is 5.62. The number of nitrogens with zero attached hydrogens (tertiary/aromatic N) is 1. The number of anilines is 1. The van der Waals surface area contributed by atoms with E-state index in [-0.39, 0.29) is 0 Å². The van der Waals surface area contributed by atoms with Gasteiger partial charge in [-0.1, -0.05) is 36.4 Å². The number of allylic oxidation sites excluding steroid dienone is 2. The van der Waals surface area contributed by atoms with Crippen LogP contribution in [0.1, 0.15) is 31.7 Å². The molecule has 0 atom stereocenters. The van der Waals surface area contributed by atoms with Gasteiger partial charge in [-0.3, -0.25) is 0 Å². The lowest BCUT2D eigenvalue weighted by Crippen LogP contribution is -2.27. The van der Waals surface area contributed by atoms with Crippen LogP contribution in [0.2, 0.25) is 0 Å². The third-order valence-electron chi connectivity index (χ3n) is 3.38. The van der Waals surface area contributed by atoms with Crippen LogP contribution in [0.5, 0.6) is 0 Å². The molecule has 0 aromatic heterocycles. The highest BCUT2D eigenvalue weighted by atomic mass is 15.1. The van der Waals surface area contributed by atoms with Crippen LogP contribution in [0.15, 0.2) is 49.1 Å². The molecule has 0 aliphatic carbocycles. The van der Waals surface area contributed by atoms with E-state index in [9.17, 15) is 0 Å². The number of para-hydroxylation sites is 1. The van der Waals surface area contributed by atoms with Crippen molar-refractivity contribution in [3.63, 3.8) is 0 Å². The van der Waals surface area contributed by atoms with E-state index < -0.39 is 0 Å². The van der Waals surface area contributed by atoms with Crippen molar-refractivity contribution in [3.05, 3.63) is 54.6 Å². The van der Waals surface area contributed by atoms with Crippen LogP contribution >= 0.6 is 0 Å². The number of unbranched alkanes of at least 4 members (excludes halogenated alkanes) is 1. The molecule has 0 spiro atoms. The van der Waals surface area contributed by atoms with Gasteiger partial charge in [0.25, 0.3) is 0 Å². The Hall–Kier alpha value is -1.54. The molecule has 0 fully saturated rings. The predicted molar refractivity (Wildman–Crippen MR) is 90.3 cm³/mol. The number of nitrogens with two attached hydrogens (primary N) is 1. The molecule has 0 heterocycles. The minimum Gasteiger partial charge on any atom is -0.368 e. The first-order valence-electron chi connectivity index (χ1n) is 7.58. The van der Waals surface area contributed by atoms with Crippen molar-refractivity contribution < 1.29 is 0 Å². The Morgan fingerprint density at radius 3 is 2.75 bits per heavy atom. The van der Waals surface area contributed by atoms with Crippen LogP contribution < -0.4 is 10.6 Å². The highest BCUT2D eigenvalue weighted by molar-refractivity contribution is 5.54. The maximum atomic E-state index is 5.66. The molecule has 0 radical (unpaired) electrons. The summed E-state index contributed by atoms with van der Waals surface area (Å²) in [6.45, 7) is 8.57. The van der Waals surface area contributed by atoms with E-state index in [1.807, 2.05) is 6.08 Å². The molecule has 110 valence electrons. The molecule has 1 aromatic rings. The fraction of sp³-hybridized carbons (Fsp3) is 0.444. The average molecular weight is 272 g/mol. The van der Waals surface area contributed by atoms with Crippen LogP contribution in [-0.2, 0) is 6.42 Å². The standard InChI is InChI=1S/C18H28N2/c1-3-5-7-11-17-12-8-9-13-18(17)20(15-6-4-2)16-10-14-19/h3-4,6,8-9,12-13H,1,5,7,10-11,14-16,19H2,2H3/b6-4-. The quantitative estimate of drug-likeness (QED) is 0.516. The minimum absolute atomic E-state index is 0.741. The van der Waals surface area contributed by atoms with Gasteiger partial charge in [-0.15, -0.1) is 6.58 Å². The van der Waals surface area contributed by atoms with Gasteiger partial charge in [-0.2, -0.15) is 0 Å². The molecular formula is C18H28N2. The second-order valence-electron chi connectivity index (χ2n) is 4.97. The zero-order chi connectivity index (χ0) is 14.6. The van der Waals surface area contributed by atoms with Gasteiger partial charge in [0.2, 0.25) is 0 Å². The second-order valence-corrected chi connectivity index (χ2v) is 4.97. The van der Waals surface area contributed by atoms with Gasteiger partial charge in [0.1, 0.15) is 0 Å². The molecule has 0 aliphatic heterocycles. The van der Waals surface area contributed by atoms with Crippen LogP contribution in [0.25, 0.3) is 0 Å². The largest absolute Gasteiger partial charge is 0.368 e. The van der Waals surface area contributed by atoms with Gasteiger partial charge in [0.05, 0.1) is 0 Å². The summed E-state index contributed by atoms with van der Waals surface area (Å²) in [4.78, 5) is 2.43. The topological polar surface area (TPSA) is 29.3 Å². The van der Waals surface area contributed by atoms with Crippen molar-refractivity contribution in [1.82, 2.24) is 0 Å². The van der Waals surface area contributed by atoms with Crippen molar-refractivity contribution in [2.45, 2.75) is 32.6 Å². The van der Waals surface area contributed by atoms with Gasteiger partial charge < -0.3 is 10.6 Å². The van der Waals surface area contributed by atoms with Crippen LogP contribution in [-0.4, -0.2) is 19.6 Å². The van der Waals surface area contributed by atoms with E-state index in [1.165, 1.54) is 11.3 Å². The third-order valence-corrected chi connectivity index (χ3v) is 3.38. The van der Waals surface area contributed by atoms with E-state index in [4.69, 9.17) is 5.73 Å². The lowest BCUT2D eigenvalue weighted by molar-refractivity contribution is 0.760. The second kappa shape index (κ2) is 10.3. The molecule has 0 unspecified atom stereocenters. The van der Waals surface area contributed by atoms with Crippen molar-refractivity contribution >= 4 is 5.69 Å². The molecule has 0 aliphatic rings. The predicted octanol–water partition coefficient (Wildman–Crippen LogP) is 3.93. The van der Waals surface area contributed by atoms with E-state index in [1.54, 1.807) is 0 Å². The molecular weight excluding hydrogens is 244 g/mol. The number of hydrogen-bond donors (Lipinski definition) is 1. The number of rotatable bonds is 10. The summed E-state index contributed by atoms with van der Waals surface area (Å²) in [5.41, 5.74) is 8.44. The monoisotopic (exact) mass is 272 g/mol. The summed E-state index contributed by atoms with van der Waals surface area (Å²) >= 11 is 0. The lowest BCUT2D eigenvalue weighted by atomic mass is 10.0. The van der Waals surface area contributed by atoms with Crippen molar-refractivity contribution in [2.24, 2.45) is 5.73 Å². The molecule has 0 bridgehead atoms. The summed E-state index contributed by atoms with van der Waals surface area (Å²) in [5, 5.41) is 0. The molecule has 20 heavy (non-hydrogen) atoms. The van der Waals surface area contributed by atoms with E-state index in [0.29, 0.717) is 0 Å². The molecule has 1 aromatic carbocycles. The Morgan fingerprint density at radius 1 is 1.25 bits per heavy atom. The van der Waals surface area contributed by atoms with Crippen LogP contribution in [0, 0.1) is 0 Å². The zero-order valence-electron chi connectivity index (χ0n) is 12.7. The summed E-state index contributed by atoms with van der Waals surface area (Å²) in [7, 11) is 0. The Morgan fingerprint density at radius 2 is 2.05 bits per heavy atom. The van der Waals surface area contributed by atoms with Crippen molar-refractivity contribution in [3.8, 4) is 0 Å². The van der Waals surface area contributed by atoms with Crippen LogP contribution in [0.4, 0.5) is 5.69 Å². The molecule has 0 amide bonds.